The highest BCUT2D eigenvalue weighted by Gasteiger charge is 2.50. The lowest BCUT2D eigenvalue weighted by Crippen LogP contribution is -2.42. The van der Waals surface area contributed by atoms with Crippen LogP contribution in [0.15, 0.2) is 60.7 Å². The molecule has 0 bridgehead atoms. The van der Waals surface area contributed by atoms with Crippen molar-refractivity contribution in [1.29, 1.82) is 0 Å². The molecule has 4 atom stereocenters. The van der Waals surface area contributed by atoms with Crippen LogP contribution in [0.2, 0.25) is 0 Å². The van der Waals surface area contributed by atoms with Crippen LogP contribution in [-0.2, 0) is 23.7 Å². The molecule has 2 aromatic rings. The van der Waals surface area contributed by atoms with Gasteiger partial charge >= 0.3 is 11.9 Å². The second-order valence-electron chi connectivity index (χ2n) is 6.21. The topological polar surface area (TPSA) is 80.3 Å². The monoisotopic (exact) mass is 386 g/mol. The number of ether oxygens (including phenoxy) is 5. The van der Waals surface area contributed by atoms with E-state index in [2.05, 4.69) is 0 Å². The highest BCUT2D eigenvalue weighted by atomic mass is 16.7. The van der Waals surface area contributed by atoms with Crippen molar-refractivity contribution in [3.63, 3.8) is 0 Å². The van der Waals surface area contributed by atoms with Gasteiger partial charge in [0.25, 0.3) is 0 Å². The average Bonchev–Trinajstić information content (AvgIpc) is 3.05. The summed E-state index contributed by atoms with van der Waals surface area (Å²) in [6, 6.07) is 17.1. The van der Waals surface area contributed by atoms with E-state index in [0.29, 0.717) is 11.1 Å². The molecule has 3 rings (SSSR count). The van der Waals surface area contributed by atoms with Crippen molar-refractivity contribution in [1.82, 2.24) is 0 Å². The summed E-state index contributed by atoms with van der Waals surface area (Å²) in [7, 11) is 2.93. The molecular weight excluding hydrogens is 364 g/mol. The van der Waals surface area contributed by atoms with Crippen LogP contribution in [0.5, 0.6) is 0 Å². The number of carbonyl (C=O) groups is 2. The fourth-order valence-electron chi connectivity index (χ4n) is 2.98. The molecule has 1 aliphatic rings. The maximum atomic E-state index is 12.5. The first-order valence-electron chi connectivity index (χ1n) is 8.83. The summed E-state index contributed by atoms with van der Waals surface area (Å²) in [6.07, 6.45) is -3.35. The van der Waals surface area contributed by atoms with Gasteiger partial charge in [-0.3, -0.25) is 0 Å². The van der Waals surface area contributed by atoms with Gasteiger partial charge < -0.3 is 23.7 Å². The van der Waals surface area contributed by atoms with Crippen molar-refractivity contribution < 1.29 is 33.3 Å². The molecule has 0 spiro atoms. The first-order chi connectivity index (χ1) is 13.6. The summed E-state index contributed by atoms with van der Waals surface area (Å²) < 4.78 is 27.5. The lowest BCUT2D eigenvalue weighted by atomic mass is 10.1. The van der Waals surface area contributed by atoms with Gasteiger partial charge in [-0.15, -0.1) is 0 Å². The Morgan fingerprint density at radius 3 is 1.79 bits per heavy atom. The van der Waals surface area contributed by atoms with Gasteiger partial charge in [0, 0.05) is 14.2 Å². The minimum Gasteiger partial charge on any atom is -0.452 e. The minimum atomic E-state index is -0.939. The smallest absolute Gasteiger partial charge is 0.338 e. The van der Waals surface area contributed by atoms with E-state index in [1.807, 2.05) is 0 Å². The predicted octanol–water partition coefficient (Wildman–Crippen LogP) is 2.46. The van der Waals surface area contributed by atoms with E-state index in [-0.39, 0.29) is 6.61 Å². The van der Waals surface area contributed by atoms with Crippen LogP contribution in [0.4, 0.5) is 0 Å². The highest BCUT2D eigenvalue weighted by molar-refractivity contribution is 5.90. The van der Waals surface area contributed by atoms with E-state index < -0.39 is 36.5 Å². The van der Waals surface area contributed by atoms with Gasteiger partial charge in [0.05, 0.1) is 17.7 Å². The molecule has 0 aromatic heterocycles. The van der Waals surface area contributed by atoms with Crippen LogP contribution in [0, 0.1) is 0 Å². The van der Waals surface area contributed by atoms with Gasteiger partial charge in [-0.05, 0) is 24.3 Å². The molecule has 0 unspecified atom stereocenters. The molecular formula is C21H22O7. The van der Waals surface area contributed by atoms with Crippen molar-refractivity contribution in [3.05, 3.63) is 71.8 Å². The molecule has 1 aliphatic heterocycles. The largest absolute Gasteiger partial charge is 0.452 e. The molecule has 148 valence electrons. The third-order valence-electron chi connectivity index (χ3n) is 4.34. The van der Waals surface area contributed by atoms with Crippen molar-refractivity contribution in [2.24, 2.45) is 0 Å². The summed E-state index contributed by atoms with van der Waals surface area (Å²) in [5, 5.41) is 0. The average molecular weight is 386 g/mol. The number of rotatable bonds is 7. The Bertz CT molecular complexity index is 778. The Morgan fingerprint density at radius 1 is 0.821 bits per heavy atom. The summed E-state index contributed by atoms with van der Waals surface area (Å²) in [4.78, 5) is 25.1. The molecule has 2 aromatic carbocycles. The lowest BCUT2D eigenvalue weighted by Gasteiger charge is -2.23. The fraction of sp³-hybridized carbons (Fsp3) is 0.333. The first kappa shape index (κ1) is 20.0. The van der Waals surface area contributed by atoms with Crippen LogP contribution in [-0.4, -0.2) is 57.4 Å². The molecule has 1 heterocycles. The minimum absolute atomic E-state index is 0.145. The van der Waals surface area contributed by atoms with Crippen LogP contribution in [0.25, 0.3) is 0 Å². The molecule has 28 heavy (non-hydrogen) atoms. The highest BCUT2D eigenvalue weighted by Crippen LogP contribution is 2.29. The van der Waals surface area contributed by atoms with Crippen LogP contribution in [0.1, 0.15) is 20.7 Å². The maximum Gasteiger partial charge on any atom is 0.338 e. The zero-order chi connectivity index (χ0) is 19.9. The van der Waals surface area contributed by atoms with Gasteiger partial charge in [-0.25, -0.2) is 9.59 Å². The zero-order valence-corrected chi connectivity index (χ0v) is 15.6. The van der Waals surface area contributed by atoms with Gasteiger partial charge in [-0.1, -0.05) is 36.4 Å². The molecule has 7 nitrogen and oxygen atoms in total. The Kier molecular flexibility index (Phi) is 6.76. The summed E-state index contributed by atoms with van der Waals surface area (Å²) >= 11 is 0. The number of benzene rings is 2. The molecule has 0 aliphatic carbocycles. The van der Waals surface area contributed by atoms with Crippen LogP contribution in [0.3, 0.4) is 0 Å². The standard InChI is InChI=1S/C21H22O7/c1-24-13-16-17(27-19(22)14-9-5-3-6-10-14)18(21(25-2)26-16)28-20(23)15-11-7-4-8-12-15/h3-12,16-18,21H,13H2,1-2H3/t16-,17-,18-,21+/m1/s1. The van der Waals surface area contributed by atoms with Gasteiger partial charge in [-0.2, -0.15) is 0 Å². The summed E-state index contributed by atoms with van der Waals surface area (Å²) in [5.74, 6) is -1.11. The quantitative estimate of drug-likeness (QED) is 0.676. The molecule has 1 saturated heterocycles. The van der Waals surface area contributed by atoms with Crippen molar-refractivity contribution in [2.45, 2.75) is 24.6 Å². The van der Waals surface area contributed by atoms with Gasteiger partial charge in [0.2, 0.25) is 0 Å². The second kappa shape index (κ2) is 9.45. The lowest BCUT2D eigenvalue weighted by molar-refractivity contribution is -0.156. The van der Waals surface area contributed by atoms with Crippen LogP contribution >= 0.6 is 0 Å². The Balaban J connectivity index is 1.80. The molecule has 0 saturated carbocycles. The van der Waals surface area contributed by atoms with E-state index in [1.54, 1.807) is 60.7 Å². The van der Waals surface area contributed by atoms with E-state index in [9.17, 15) is 9.59 Å². The molecule has 0 amide bonds. The second-order valence-corrected chi connectivity index (χ2v) is 6.21. The molecule has 7 heteroatoms. The summed E-state index contributed by atoms with van der Waals surface area (Å²) in [5.41, 5.74) is 0.758. The number of hydrogen-bond donors (Lipinski definition) is 0. The Morgan fingerprint density at radius 2 is 1.32 bits per heavy atom. The van der Waals surface area contributed by atoms with E-state index >= 15 is 0 Å². The number of hydrogen-bond acceptors (Lipinski definition) is 7. The third kappa shape index (κ3) is 4.56. The number of methoxy groups -OCH3 is 2. The predicted molar refractivity (Wildman–Crippen MR) is 98.8 cm³/mol. The maximum absolute atomic E-state index is 12.5. The Labute approximate surface area is 163 Å². The van der Waals surface area contributed by atoms with E-state index in [0.717, 1.165) is 0 Å². The molecule has 0 N–H and O–H groups in total. The fourth-order valence-corrected chi connectivity index (χ4v) is 2.98. The van der Waals surface area contributed by atoms with E-state index in [4.69, 9.17) is 23.7 Å². The summed E-state index contributed by atoms with van der Waals surface area (Å²) in [6.45, 7) is 0.145. The normalized spacial score (nSPS) is 23.9. The molecule has 1 fully saturated rings. The zero-order valence-electron chi connectivity index (χ0n) is 15.6. The number of carbonyl (C=O) groups excluding carboxylic acids is 2. The van der Waals surface area contributed by atoms with Gasteiger partial charge in [0.15, 0.2) is 18.5 Å². The van der Waals surface area contributed by atoms with Gasteiger partial charge in [0.1, 0.15) is 6.10 Å². The van der Waals surface area contributed by atoms with E-state index in [1.165, 1.54) is 14.2 Å². The SMILES string of the molecule is COC[C@H]1O[C@H](OC)[C@H](OC(=O)c2ccccc2)[C@@H]1OC(=O)c1ccccc1. The van der Waals surface area contributed by atoms with Crippen LogP contribution < -0.4 is 0 Å². The Hall–Kier alpha value is -2.74. The first-order valence-corrected chi connectivity index (χ1v) is 8.83. The third-order valence-corrected chi connectivity index (χ3v) is 4.34. The number of esters is 2. The van der Waals surface area contributed by atoms with Crippen molar-refractivity contribution >= 4 is 11.9 Å². The van der Waals surface area contributed by atoms with Crippen molar-refractivity contribution in [2.75, 3.05) is 20.8 Å². The molecule has 0 radical (unpaired) electrons. The van der Waals surface area contributed by atoms with Crippen molar-refractivity contribution in [3.8, 4) is 0 Å².